The molecule has 0 radical (unpaired) electrons. The van der Waals surface area contributed by atoms with Crippen LogP contribution in [0.4, 0.5) is 5.69 Å². The van der Waals surface area contributed by atoms with Gasteiger partial charge in [-0.3, -0.25) is 19.6 Å². The Labute approximate surface area is 157 Å². The first-order chi connectivity index (χ1) is 12.9. The average Bonchev–Trinajstić information content (AvgIpc) is 2.63. The van der Waals surface area contributed by atoms with Crippen LogP contribution >= 0.6 is 7.60 Å². The number of nitrogens with zero attached hydrogens (tertiary/aromatic N) is 2. The van der Waals surface area contributed by atoms with Crippen LogP contribution in [-0.2, 0) is 18.3 Å². The number of nitro benzene ring substituents is 1. The molecule has 1 N–H and O–H groups in total. The smallest absolute Gasteiger partial charge is 0.352 e. The minimum absolute atomic E-state index is 0.0989. The molecule has 1 aliphatic rings. The van der Waals surface area contributed by atoms with Crippen LogP contribution in [-0.4, -0.2) is 61.6 Å². The predicted octanol–water partition coefficient (Wildman–Crippen LogP) is 2.91. The number of methoxy groups -OCH3 is 1. The van der Waals surface area contributed by atoms with E-state index in [2.05, 4.69) is 0 Å². The fourth-order valence-electron chi connectivity index (χ4n) is 3.10. The number of phenols is 1. The molecular weight excluding hydrogens is 379 g/mol. The molecule has 1 aromatic rings. The molecule has 1 aromatic carbocycles. The third-order valence-corrected chi connectivity index (χ3v) is 6.56. The number of rotatable bonds is 9. The van der Waals surface area contributed by atoms with E-state index in [4.69, 9.17) is 18.5 Å². The fraction of sp³-hybridized carbons (Fsp3) is 0.625. The maximum Gasteiger partial charge on any atom is 0.352 e. The second-order valence-corrected chi connectivity index (χ2v) is 7.80. The monoisotopic (exact) mass is 404 g/mol. The summed E-state index contributed by atoms with van der Waals surface area (Å²) in [4.78, 5) is 12.9. The van der Waals surface area contributed by atoms with Crippen molar-refractivity contribution < 1.29 is 33.1 Å². The molecule has 27 heavy (non-hydrogen) atoms. The van der Waals surface area contributed by atoms with Gasteiger partial charge >= 0.3 is 13.3 Å². The SMILES string of the molecule is CCOP(=O)(OCC)C(c1ccc(O)c(OC)c1[N+](=O)[O-])N1CCOCC1. The molecular formula is C16H25N2O8P. The molecule has 0 aliphatic carbocycles. The molecule has 0 spiro atoms. The summed E-state index contributed by atoms with van der Waals surface area (Å²) >= 11 is 0. The van der Waals surface area contributed by atoms with Gasteiger partial charge in [0.25, 0.3) is 0 Å². The number of hydrogen-bond acceptors (Lipinski definition) is 9. The van der Waals surface area contributed by atoms with E-state index in [1.165, 1.54) is 19.2 Å². The summed E-state index contributed by atoms with van der Waals surface area (Å²) in [7, 11) is -2.58. The zero-order chi connectivity index (χ0) is 20.0. The van der Waals surface area contributed by atoms with Gasteiger partial charge in [-0.15, -0.1) is 0 Å². The molecule has 1 saturated heterocycles. The lowest BCUT2D eigenvalue weighted by molar-refractivity contribution is -0.386. The van der Waals surface area contributed by atoms with E-state index in [0.29, 0.717) is 26.3 Å². The number of phenolic OH excluding ortho intramolecular Hbond substituents is 1. The molecule has 0 saturated carbocycles. The highest BCUT2D eigenvalue weighted by Gasteiger charge is 2.46. The Morgan fingerprint density at radius 2 is 1.89 bits per heavy atom. The van der Waals surface area contributed by atoms with Crippen molar-refractivity contribution in [3.8, 4) is 11.5 Å². The lowest BCUT2D eigenvalue weighted by Gasteiger charge is -2.37. The largest absolute Gasteiger partial charge is 0.504 e. The van der Waals surface area contributed by atoms with Crippen LogP contribution in [0, 0.1) is 10.1 Å². The van der Waals surface area contributed by atoms with E-state index in [1.54, 1.807) is 18.7 Å². The number of ether oxygens (including phenoxy) is 2. The minimum atomic E-state index is -3.80. The van der Waals surface area contributed by atoms with Crippen LogP contribution in [0.15, 0.2) is 12.1 Å². The Bertz CT molecular complexity index is 698. The summed E-state index contributed by atoms with van der Waals surface area (Å²) in [6.07, 6.45) is 0. The van der Waals surface area contributed by atoms with Crippen molar-refractivity contribution in [3.05, 3.63) is 27.8 Å². The van der Waals surface area contributed by atoms with Crippen LogP contribution in [0.2, 0.25) is 0 Å². The lowest BCUT2D eigenvalue weighted by Crippen LogP contribution is -2.39. The minimum Gasteiger partial charge on any atom is -0.504 e. The van der Waals surface area contributed by atoms with Crippen LogP contribution in [0.25, 0.3) is 0 Å². The standard InChI is InChI=1S/C16H25N2O8P/c1-4-25-27(22,26-5-2)16(17-8-10-24-11-9-17)12-6-7-13(19)15(23-3)14(12)18(20)21/h6-7,16,19H,4-5,8-11H2,1-3H3. The summed E-state index contributed by atoms with van der Waals surface area (Å²) in [6, 6.07) is 2.64. The van der Waals surface area contributed by atoms with Crippen LogP contribution in [0.5, 0.6) is 11.5 Å². The summed E-state index contributed by atoms with van der Waals surface area (Å²) in [5.74, 6) is -1.71. The third kappa shape index (κ3) is 4.59. The average molecular weight is 404 g/mol. The number of morpholine rings is 1. The van der Waals surface area contributed by atoms with Gasteiger partial charge < -0.3 is 23.6 Å². The van der Waals surface area contributed by atoms with E-state index in [0.717, 1.165) is 0 Å². The Balaban J connectivity index is 2.70. The molecule has 0 amide bonds. The summed E-state index contributed by atoms with van der Waals surface area (Å²) < 4.78 is 35.0. The second-order valence-electron chi connectivity index (χ2n) is 5.71. The topological polar surface area (TPSA) is 121 Å². The van der Waals surface area contributed by atoms with Crippen molar-refractivity contribution in [2.24, 2.45) is 0 Å². The summed E-state index contributed by atoms with van der Waals surface area (Å²) in [5, 5.41) is 21.8. The van der Waals surface area contributed by atoms with Crippen LogP contribution < -0.4 is 4.74 Å². The van der Waals surface area contributed by atoms with Crippen molar-refractivity contribution in [2.45, 2.75) is 19.6 Å². The van der Waals surface area contributed by atoms with Gasteiger partial charge in [0.2, 0.25) is 5.75 Å². The van der Waals surface area contributed by atoms with E-state index in [9.17, 15) is 19.8 Å². The maximum absolute atomic E-state index is 13.6. The highest BCUT2D eigenvalue weighted by molar-refractivity contribution is 7.54. The normalized spacial score (nSPS) is 16.9. The summed E-state index contributed by atoms with van der Waals surface area (Å²) in [6.45, 7) is 5.14. The highest BCUT2D eigenvalue weighted by Crippen LogP contribution is 2.64. The van der Waals surface area contributed by atoms with Gasteiger partial charge in [0.05, 0.1) is 44.0 Å². The van der Waals surface area contributed by atoms with E-state index < -0.39 is 24.0 Å². The van der Waals surface area contributed by atoms with Crippen LogP contribution in [0.1, 0.15) is 25.2 Å². The van der Waals surface area contributed by atoms with Crippen LogP contribution in [0.3, 0.4) is 0 Å². The van der Waals surface area contributed by atoms with Gasteiger partial charge in [-0.25, -0.2) is 0 Å². The van der Waals surface area contributed by atoms with Gasteiger partial charge in [0.15, 0.2) is 5.75 Å². The third-order valence-electron chi connectivity index (χ3n) is 4.12. The number of nitro groups is 1. The number of hydrogen-bond donors (Lipinski definition) is 1. The quantitative estimate of drug-likeness (QED) is 0.376. The fourth-order valence-corrected chi connectivity index (χ4v) is 5.36. The van der Waals surface area contributed by atoms with Crippen molar-refractivity contribution in [2.75, 3.05) is 46.6 Å². The lowest BCUT2D eigenvalue weighted by atomic mass is 10.1. The molecule has 10 nitrogen and oxygen atoms in total. The highest BCUT2D eigenvalue weighted by atomic mass is 31.2. The van der Waals surface area contributed by atoms with Gasteiger partial charge in [-0.05, 0) is 26.0 Å². The zero-order valence-corrected chi connectivity index (χ0v) is 16.5. The molecule has 1 aliphatic heterocycles. The molecule has 0 bridgehead atoms. The zero-order valence-electron chi connectivity index (χ0n) is 15.6. The number of benzene rings is 1. The van der Waals surface area contributed by atoms with Gasteiger partial charge in [-0.2, -0.15) is 0 Å². The molecule has 2 rings (SSSR count). The molecule has 0 aromatic heterocycles. The van der Waals surface area contributed by atoms with Crippen molar-refractivity contribution >= 4 is 13.3 Å². The molecule has 11 heteroatoms. The molecule has 1 fully saturated rings. The Kier molecular flexibility index (Phi) is 7.58. The first kappa shape index (κ1) is 21.6. The van der Waals surface area contributed by atoms with E-state index in [-0.39, 0.29) is 30.3 Å². The first-order valence-electron chi connectivity index (χ1n) is 8.64. The van der Waals surface area contributed by atoms with E-state index in [1.807, 2.05) is 0 Å². The Morgan fingerprint density at radius 1 is 1.30 bits per heavy atom. The first-order valence-corrected chi connectivity index (χ1v) is 10.3. The predicted molar refractivity (Wildman–Crippen MR) is 97.3 cm³/mol. The Morgan fingerprint density at radius 3 is 2.37 bits per heavy atom. The molecule has 152 valence electrons. The van der Waals surface area contributed by atoms with E-state index >= 15 is 0 Å². The molecule has 1 unspecified atom stereocenters. The van der Waals surface area contributed by atoms with Crippen molar-refractivity contribution in [1.82, 2.24) is 4.90 Å². The van der Waals surface area contributed by atoms with Crippen molar-refractivity contribution in [3.63, 3.8) is 0 Å². The van der Waals surface area contributed by atoms with Gasteiger partial charge in [0, 0.05) is 13.1 Å². The molecule has 1 heterocycles. The summed E-state index contributed by atoms with van der Waals surface area (Å²) in [5.41, 5.74) is -0.365. The van der Waals surface area contributed by atoms with Gasteiger partial charge in [-0.1, -0.05) is 0 Å². The maximum atomic E-state index is 13.6. The van der Waals surface area contributed by atoms with Gasteiger partial charge in [0.1, 0.15) is 5.78 Å². The molecule has 1 atom stereocenters. The number of aromatic hydroxyl groups is 1. The van der Waals surface area contributed by atoms with Crippen molar-refractivity contribution in [1.29, 1.82) is 0 Å². The Hall–Kier alpha value is -1.71. The second kappa shape index (κ2) is 9.48.